The fraction of sp³-hybridized carbons (Fsp3) is 0.409. The number of aliphatic hydroxyl groups excluding tert-OH is 1. The van der Waals surface area contributed by atoms with Crippen LogP contribution >= 0.6 is 0 Å². The molecule has 0 bridgehead atoms. The van der Waals surface area contributed by atoms with E-state index in [4.69, 9.17) is 4.74 Å². The van der Waals surface area contributed by atoms with E-state index in [-0.39, 0.29) is 18.3 Å². The van der Waals surface area contributed by atoms with Crippen LogP contribution in [0.25, 0.3) is 11.0 Å². The summed E-state index contributed by atoms with van der Waals surface area (Å²) in [6.07, 6.45) is 1.47. The molecule has 6 nitrogen and oxygen atoms in total. The highest BCUT2D eigenvalue weighted by Gasteiger charge is 2.26. The molecule has 0 unspecified atom stereocenters. The van der Waals surface area contributed by atoms with Crippen molar-refractivity contribution in [2.24, 2.45) is 7.05 Å². The van der Waals surface area contributed by atoms with Crippen molar-refractivity contribution in [3.63, 3.8) is 0 Å². The Morgan fingerprint density at radius 1 is 1.36 bits per heavy atom. The Balaban J connectivity index is 1.81. The molecule has 1 heterocycles. The van der Waals surface area contributed by atoms with Gasteiger partial charge in [0, 0.05) is 13.0 Å². The van der Waals surface area contributed by atoms with Crippen LogP contribution in [0.5, 0.6) is 0 Å². The number of benzene rings is 2. The second-order valence-corrected chi connectivity index (χ2v) is 7.44. The summed E-state index contributed by atoms with van der Waals surface area (Å²) in [4.78, 5) is 12.4. The zero-order chi connectivity index (χ0) is 19.8. The Kier molecular flexibility index (Phi) is 4.89. The molecule has 2 atom stereocenters. The molecule has 4 rings (SSSR count). The fourth-order valence-corrected chi connectivity index (χ4v) is 4.24. The van der Waals surface area contributed by atoms with Gasteiger partial charge in [0.15, 0.2) is 0 Å². The van der Waals surface area contributed by atoms with Gasteiger partial charge in [-0.15, -0.1) is 5.10 Å². The van der Waals surface area contributed by atoms with Crippen molar-refractivity contribution >= 4 is 17.0 Å². The van der Waals surface area contributed by atoms with Gasteiger partial charge in [-0.05, 0) is 60.6 Å². The van der Waals surface area contributed by atoms with Crippen LogP contribution in [0, 0.1) is 6.92 Å². The lowest BCUT2D eigenvalue weighted by Gasteiger charge is -2.21. The van der Waals surface area contributed by atoms with E-state index in [1.54, 1.807) is 4.68 Å². The van der Waals surface area contributed by atoms with Gasteiger partial charge in [0.2, 0.25) is 0 Å². The van der Waals surface area contributed by atoms with Crippen molar-refractivity contribution in [1.82, 2.24) is 15.0 Å². The van der Waals surface area contributed by atoms with Crippen molar-refractivity contribution in [3.8, 4) is 0 Å². The second kappa shape index (κ2) is 7.36. The molecule has 0 spiro atoms. The van der Waals surface area contributed by atoms with Crippen LogP contribution in [0.15, 0.2) is 30.3 Å². The van der Waals surface area contributed by atoms with E-state index in [9.17, 15) is 9.90 Å². The average Bonchev–Trinajstić information content (AvgIpc) is 3.24. The van der Waals surface area contributed by atoms with Crippen molar-refractivity contribution in [3.05, 3.63) is 58.1 Å². The molecule has 28 heavy (non-hydrogen) atoms. The summed E-state index contributed by atoms with van der Waals surface area (Å²) in [6.45, 7) is 4.19. The number of fused-ring (bicyclic) bond motifs is 2. The van der Waals surface area contributed by atoms with Crippen molar-refractivity contribution < 1.29 is 14.6 Å². The molecule has 0 aliphatic heterocycles. The van der Waals surface area contributed by atoms with E-state index in [0.717, 1.165) is 46.1 Å². The van der Waals surface area contributed by atoms with Crippen molar-refractivity contribution in [1.29, 1.82) is 0 Å². The normalized spacial score (nSPS) is 16.9. The van der Waals surface area contributed by atoms with Crippen molar-refractivity contribution in [2.75, 3.05) is 6.61 Å². The van der Waals surface area contributed by atoms with Crippen LogP contribution in [-0.2, 0) is 23.0 Å². The Morgan fingerprint density at radius 3 is 2.96 bits per heavy atom. The van der Waals surface area contributed by atoms with Gasteiger partial charge in [-0.2, -0.15) is 0 Å². The predicted octanol–water partition coefficient (Wildman–Crippen LogP) is 3.34. The number of aliphatic hydroxyl groups is 1. The summed E-state index contributed by atoms with van der Waals surface area (Å²) >= 11 is 0. The standard InChI is InChI=1S/C22H25N3O3/c1-4-28-21(27)12-17(15-6-5-14-7-10-20(26)18(14)11-15)16-8-9-19-22(13(16)2)23-24-25(19)3/h5-6,8-9,11,17,20,26H,4,7,10,12H2,1-3H3/t17-,20+/m0/s1. The Labute approximate surface area is 164 Å². The molecule has 2 aromatic carbocycles. The summed E-state index contributed by atoms with van der Waals surface area (Å²) < 4.78 is 6.99. The van der Waals surface area contributed by atoms with E-state index in [0.29, 0.717) is 6.61 Å². The lowest BCUT2D eigenvalue weighted by molar-refractivity contribution is -0.143. The second-order valence-electron chi connectivity index (χ2n) is 7.44. The zero-order valence-corrected chi connectivity index (χ0v) is 16.5. The van der Waals surface area contributed by atoms with Crippen LogP contribution in [0.4, 0.5) is 0 Å². The number of aromatic nitrogens is 3. The maximum Gasteiger partial charge on any atom is 0.306 e. The SMILES string of the molecule is CCOC(=O)C[C@@H](c1ccc2c(c1)[C@H](O)CC2)c1ccc2c(nnn2C)c1C. The number of hydrogen-bond acceptors (Lipinski definition) is 5. The Morgan fingerprint density at radius 2 is 2.18 bits per heavy atom. The molecule has 0 radical (unpaired) electrons. The highest BCUT2D eigenvalue weighted by Crippen LogP contribution is 2.38. The number of esters is 1. The quantitative estimate of drug-likeness (QED) is 0.688. The molecular formula is C22H25N3O3. The predicted molar refractivity (Wildman–Crippen MR) is 106 cm³/mol. The number of carbonyl (C=O) groups is 1. The molecule has 1 N–H and O–H groups in total. The van der Waals surface area contributed by atoms with Gasteiger partial charge in [0.25, 0.3) is 0 Å². The van der Waals surface area contributed by atoms with Crippen LogP contribution < -0.4 is 0 Å². The van der Waals surface area contributed by atoms with Crippen LogP contribution in [0.2, 0.25) is 0 Å². The lowest BCUT2D eigenvalue weighted by atomic mass is 9.84. The van der Waals surface area contributed by atoms with Crippen LogP contribution in [0.3, 0.4) is 0 Å². The minimum Gasteiger partial charge on any atom is -0.466 e. The third-order valence-corrected chi connectivity index (χ3v) is 5.75. The van der Waals surface area contributed by atoms with Crippen LogP contribution in [-0.4, -0.2) is 32.7 Å². The van der Waals surface area contributed by atoms with Gasteiger partial charge in [-0.3, -0.25) is 4.79 Å². The summed E-state index contributed by atoms with van der Waals surface area (Å²) in [5, 5.41) is 18.7. The maximum atomic E-state index is 12.4. The number of rotatable bonds is 5. The van der Waals surface area contributed by atoms with Gasteiger partial charge < -0.3 is 9.84 Å². The molecule has 0 saturated carbocycles. The minimum atomic E-state index is -0.429. The lowest BCUT2D eigenvalue weighted by Crippen LogP contribution is -2.13. The third-order valence-electron chi connectivity index (χ3n) is 5.75. The zero-order valence-electron chi connectivity index (χ0n) is 16.5. The Hall–Kier alpha value is -2.73. The van der Waals surface area contributed by atoms with Gasteiger partial charge in [-0.1, -0.05) is 29.5 Å². The molecule has 6 heteroatoms. The van der Waals surface area contributed by atoms with E-state index in [1.165, 1.54) is 5.56 Å². The first kappa shape index (κ1) is 18.6. The molecule has 0 saturated heterocycles. The smallest absolute Gasteiger partial charge is 0.306 e. The van der Waals surface area contributed by atoms with E-state index in [2.05, 4.69) is 34.6 Å². The number of ether oxygens (including phenoxy) is 1. The molecule has 1 aliphatic carbocycles. The number of nitrogens with zero attached hydrogens (tertiary/aromatic N) is 3. The minimum absolute atomic E-state index is 0.163. The number of hydrogen-bond donors (Lipinski definition) is 1. The Bertz CT molecular complexity index is 1040. The summed E-state index contributed by atoms with van der Waals surface area (Å²) in [5.41, 5.74) is 7.03. The largest absolute Gasteiger partial charge is 0.466 e. The fourth-order valence-electron chi connectivity index (χ4n) is 4.24. The van der Waals surface area contributed by atoms with E-state index < -0.39 is 6.10 Å². The topological polar surface area (TPSA) is 77.2 Å². The number of aryl methyl sites for hydroxylation is 3. The molecule has 1 aromatic heterocycles. The van der Waals surface area contributed by atoms with E-state index in [1.807, 2.05) is 27.0 Å². The highest BCUT2D eigenvalue weighted by atomic mass is 16.5. The van der Waals surface area contributed by atoms with Crippen molar-refractivity contribution in [2.45, 2.75) is 45.1 Å². The number of carbonyl (C=O) groups excluding carboxylic acids is 1. The monoisotopic (exact) mass is 379 g/mol. The van der Waals surface area contributed by atoms with Crippen LogP contribution in [0.1, 0.15) is 59.6 Å². The van der Waals surface area contributed by atoms with E-state index >= 15 is 0 Å². The highest BCUT2D eigenvalue weighted by molar-refractivity contribution is 5.80. The van der Waals surface area contributed by atoms with Gasteiger partial charge in [0.05, 0.1) is 24.6 Å². The van der Waals surface area contributed by atoms with Gasteiger partial charge >= 0.3 is 5.97 Å². The van der Waals surface area contributed by atoms with Gasteiger partial charge in [0.1, 0.15) is 5.52 Å². The molecular weight excluding hydrogens is 354 g/mol. The molecule has 3 aromatic rings. The maximum absolute atomic E-state index is 12.4. The first-order valence-corrected chi connectivity index (χ1v) is 9.75. The third kappa shape index (κ3) is 3.18. The molecule has 0 amide bonds. The molecule has 1 aliphatic rings. The summed E-state index contributed by atoms with van der Waals surface area (Å²) in [7, 11) is 1.87. The van der Waals surface area contributed by atoms with Gasteiger partial charge in [-0.25, -0.2) is 4.68 Å². The molecule has 0 fully saturated rings. The first-order valence-electron chi connectivity index (χ1n) is 9.75. The summed E-state index contributed by atoms with van der Waals surface area (Å²) in [5.74, 6) is -0.393. The summed E-state index contributed by atoms with van der Waals surface area (Å²) in [6, 6.07) is 10.3. The average molecular weight is 379 g/mol. The molecule has 146 valence electrons. The first-order chi connectivity index (χ1) is 13.5.